The predicted octanol–water partition coefficient (Wildman–Crippen LogP) is 3.49. The van der Waals surface area contributed by atoms with Crippen LogP contribution in [0.3, 0.4) is 0 Å². The van der Waals surface area contributed by atoms with Crippen molar-refractivity contribution in [3.63, 3.8) is 0 Å². The van der Waals surface area contributed by atoms with E-state index in [9.17, 15) is 4.79 Å². The highest BCUT2D eigenvalue weighted by Crippen LogP contribution is 2.30. The number of nitrogens with two attached hydrogens (primary N) is 1. The van der Waals surface area contributed by atoms with Gasteiger partial charge in [0.25, 0.3) is 0 Å². The molecular formula is C18H18N2O. The molecule has 0 unspecified atom stereocenters. The molecule has 1 heterocycles. The third kappa shape index (κ3) is 2.55. The van der Waals surface area contributed by atoms with Crippen LogP contribution in [0, 0.1) is 6.92 Å². The third-order valence-corrected chi connectivity index (χ3v) is 3.81. The van der Waals surface area contributed by atoms with E-state index in [1.54, 1.807) is 0 Å². The number of benzene rings is 2. The van der Waals surface area contributed by atoms with Gasteiger partial charge in [-0.1, -0.05) is 42.5 Å². The number of aromatic nitrogens is 1. The van der Waals surface area contributed by atoms with Crippen LogP contribution in [0.15, 0.2) is 54.6 Å². The van der Waals surface area contributed by atoms with Crippen LogP contribution in [-0.4, -0.2) is 10.5 Å². The molecule has 2 N–H and O–H groups in total. The molecule has 0 radical (unpaired) electrons. The number of hydrogen-bond acceptors (Lipinski definition) is 1. The largest absolute Gasteiger partial charge is 0.370 e. The molecule has 1 aromatic heterocycles. The summed E-state index contributed by atoms with van der Waals surface area (Å²) in [4.78, 5) is 11.2. The second-order valence-electron chi connectivity index (χ2n) is 5.27. The zero-order valence-electron chi connectivity index (χ0n) is 12.0. The molecule has 0 aliphatic heterocycles. The maximum atomic E-state index is 11.2. The fraction of sp³-hybridized carbons (Fsp3) is 0.167. The molecule has 0 saturated carbocycles. The Bertz CT molecular complexity index is 802. The number of nitrogens with zero attached hydrogens (tertiary/aromatic N) is 1. The minimum atomic E-state index is -0.275. The molecule has 0 atom stereocenters. The second-order valence-corrected chi connectivity index (χ2v) is 5.27. The average molecular weight is 278 g/mol. The van der Waals surface area contributed by atoms with Gasteiger partial charge >= 0.3 is 0 Å². The lowest BCUT2D eigenvalue weighted by Crippen LogP contribution is -2.14. The molecule has 21 heavy (non-hydrogen) atoms. The summed E-state index contributed by atoms with van der Waals surface area (Å²) in [6.07, 6.45) is 0.345. The molecule has 2 aromatic carbocycles. The van der Waals surface area contributed by atoms with E-state index >= 15 is 0 Å². The Morgan fingerprint density at radius 1 is 1.10 bits per heavy atom. The molecule has 106 valence electrons. The highest BCUT2D eigenvalue weighted by atomic mass is 16.1. The number of carbonyl (C=O) groups is 1. The first kappa shape index (κ1) is 13.4. The van der Waals surface area contributed by atoms with Crippen molar-refractivity contribution < 1.29 is 4.79 Å². The lowest BCUT2D eigenvalue weighted by molar-refractivity contribution is -0.118. The minimum Gasteiger partial charge on any atom is -0.370 e. The molecule has 1 amide bonds. The molecular weight excluding hydrogens is 260 g/mol. The fourth-order valence-electron chi connectivity index (χ4n) is 2.76. The van der Waals surface area contributed by atoms with Gasteiger partial charge in [0, 0.05) is 35.1 Å². The Labute approximate surface area is 124 Å². The highest BCUT2D eigenvalue weighted by Gasteiger charge is 2.12. The van der Waals surface area contributed by atoms with E-state index in [1.165, 1.54) is 16.5 Å². The molecule has 3 rings (SSSR count). The van der Waals surface area contributed by atoms with E-state index in [2.05, 4.69) is 41.8 Å². The molecule has 0 fully saturated rings. The van der Waals surface area contributed by atoms with Gasteiger partial charge < -0.3 is 10.3 Å². The summed E-state index contributed by atoms with van der Waals surface area (Å²) in [6, 6.07) is 18.7. The summed E-state index contributed by atoms with van der Waals surface area (Å²) < 4.78 is 2.18. The summed E-state index contributed by atoms with van der Waals surface area (Å²) in [6.45, 7) is 2.71. The fourth-order valence-corrected chi connectivity index (χ4v) is 2.76. The van der Waals surface area contributed by atoms with Gasteiger partial charge in [0.05, 0.1) is 0 Å². The summed E-state index contributed by atoms with van der Waals surface area (Å²) in [5.41, 5.74) is 10.0. The van der Waals surface area contributed by atoms with Crippen molar-refractivity contribution in [2.45, 2.75) is 19.9 Å². The maximum Gasteiger partial charge on any atom is 0.219 e. The van der Waals surface area contributed by atoms with Crippen molar-refractivity contribution in [3.8, 4) is 11.3 Å². The van der Waals surface area contributed by atoms with Gasteiger partial charge in [-0.2, -0.15) is 0 Å². The zero-order chi connectivity index (χ0) is 14.8. The van der Waals surface area contributed by atoms with Gasteiger partial charge in [0.1, 0.15) is 0 Å². The first-order valence-corrected chi connectivity index (χ1v) is 7.09. The van der Waals surface area contributed by atoms with Crippen LogP contribution < -0.4 is 5.73 Å². The molecule has 0 aliphatic rings. The smallest absolute Gasteiger partial charge is 0.219 e. The first-order valence-electron chi connectivity index (χ1n) is 7.09. The van der Waals surface area contributed by atoms with Crippen molar-refractivity contribution in [1.29, 1.82) is 0 Å². The number of hydrogen-bond donors (Lipinski definition) is 1. The number of rotatable bonds is 4. The second kappa shape index (κ2) is 5.44. The Kier molecular flexibility index (Phi) is 3.48. The summed E-state index contributed by atoms with van der Waals surface area (Å²) >= 11 is 0. The van der Waals surface area contributed by atoms with Crippen LogP contribution in [-0.2, 0) is 11.3 Å². The van der Waals surface area contributed by atoms with Crippen LogP contribution in [0.25, 0.3) is 22.2 Å². The standard InChI is InChI=1S/C18H18N2O/c1-13-6-2-4-8-15(13)17-12-14-7-3-5-9-16(14)20(17)11-10-18(19)21/h2-9,12H,10-11H2,1H3,(H2,19,21). The van der Waals surface area contributed by atoms with Crippen LogP contribution in [0.2, 0.25) is 0 Å². The van der Waals surface area contributed by atoms with E-state index in [-0.39, 0.29) is 5.91 Å². The van der Waals surface area contributed by atoms with E-state index in [0.717, 1.165) is 11.2 Å². The monoisotopic (exact) mass is 278 g/mol. The Hall–Kier alpha value is -2.55. The topological polar surface area (TPSA) is 48.0 Å². The van der Waals surface area contributed by atoms with E-state index < -0.39 is 0 Å². The summed E-state index contributed by atoms with van der Waals surface area (Å²) in [5.74, 6) is -0.275. The molecule has 0 aliphatic carbocycles. The van der Waals surface area contributed by atoms with E-state index in [4.69, 9.17) is 5.73 Å². The quantitative estimate of drug-likeness (QED) is 0.780. The van der Waals surface area contributed by atoms with E-state index in [1.807, 2.05) is 24.3 Å². The third-order valence-electron chi connectivity index (χ3n) is 3.81. The van der Waals surface area contributed by atoms with Gasteiger partial charge in [-0.15, -0.1) is 0 Å². The normalized spacial score (nSPS) is 10.9. The van der Waals surface area contributed by atoms with Crippen molar-refractivity contribution in [2.24, 2.45) is 5.73 Å². The minimum absolute atomic E-state index is 0.275. The van der Waals surface area contributed by atoms with Crippen LogP contribution in [0.5, 0.6) is 0 Å². The van der Waals surface area contributed by atoms with Crippen LogP contribution in [0.1, 0.15) is 12.0 Å². The van der Waals surface area contributed by atoms with Gasteiger partial charge in [0.15, 0.2) is 0 Å². The molecule has 3 heteroatoms. The zero-order valence-corrected chi connectivity index (χ0v) is 12.0. The van der Waals surface area contributed by atoms with Gasteiger partial charge in [-0.05, 0) is 24.6 Å². The van der Waals surface area contributed by atoms with Crippen LogP contribution >= 0.6 is 0 Å². The molecule has 0 spiro atoms. The van der Waals surface area contributed by atoms with Crippen molar-refractivity contribution >= 4 is 16.8 Å². The first-order chi connectivity index (χ1) is 10.2. The summed E-state index contributed by atoms with van der Waals surface area (Å²) in [5, 5.41) is 1.18. The van der Waals surface area contributed by atoms with Crippen LogP contribution in [0.4, 0.5) is 0 Å². The number of para-hydroxylation sites is 1. The highest BCUT2D eigenvalue weighted by molar-refractivity contribution is 5.87. The van der Waals surface area contributed by atoms with Crippen molar-refractivity contribution in [3.05, 3.63) is 60.2 Å². The van der Waals surface area contributed by atoms with E-state index in [0.29, 0.717) is 13.0 Å². The summed E-state index contributed by atoms with van der Waals surface area (Å²) in [7, 11) is 0. The maximum absolute atomic E-state index is 11.2. The molecule has 3 nitrogen and oxygen atoms in total. The number of fused-ring (bicyclic) bond motifs is 1. The predicted molar refractivity (Wildman–Crippen MR) is 85.9 cm³/mol. The lowest BCUT2D eigenvalue weighted by atomic mass is 10.1. The Balaban J connectivity index is 2.19. The van der Waals surface area contributed by atoms with Crippen molar-refractivity contribution in [2.75, 3.05) is 0 Å². The molecule has 3 aromatic rings. The van der Waals surface area contributed by atoms with Crippen molar-refractivity contribution in [1.82, 2.24) is 4.57 Å². The Morgan fingerprint density at radius 3 is 2.57 bits per heavy atom. The SMILES string of the molecule is Cc1ccccc1-c1cc2ccccc2n1CCC(N)=O. The van der Waals surface area contributed by atoms with Gasteiger partial charge in [-0.25, -0.2) is 0 Å². The average Bonchev–Trinajstić information content (AvgIpc) is 2.84. The number of primary amides is 1. The lowest BCUT2D eigenvalue weighted by Gasteiger charge is -2.12. The Morgan fingerprint density at radius 2 is 1.81 bits per heavy atom. The molecule has 0 bridgehead atoms. The number of aryl methyl sites for hydroxylation is 2. The van der Waals surface area contributed by atoms with Gasteiger partial charge in [0.2, 0.25) is 5.91 Å². The molecule has 0 saturated heterocycles. The van der Waals surface area contributed by atoms with Gasteiger partial charge in [-0.3, -0.25) is 4.79 Å². The number of carbonyl (C=O) groups excluding carboxylic acids is 1. The number of amides is 1.